The molecule has 0 amide bonds. The van der Waals surface area contributed by atoms with Crippen LogP contribution in [0.4, 0.5) is 0 Å². The third-order valence-electron chi connectivity index (χ3n) is 1.20. The largest absolute Gasteiger partial charge is 0.363 e. The van der Waals surface area contributed by atoms with Gasteiger partial charge in [0, 0.05) is 12.0 Å². The molecule has 2 nitrogen and oxygen atoms in total. The van der Waals surface area contributed by atoms with E-state index in [2.05, 4.69) is 20.8 Å². The molecule has 0 saturated carbocycles. The predicted molar refractivity (Wildman–Crippen MR) is 39.1 cm³/mol. The van der Waals surface area contributed by atoms with Crippen LogP contribution in [0.5, 0.6) is 0 Å². The zero-order valence-corrected chi connectivity index (χ0v) is 6.77. The van der Waals surface area contributed by atoms with Gasteiger partial charge in [0.25, 0.3) is 0 Å². The van der Waals surface area contributed by atoms with Crippen LogP contribution in [-0.4, -0.2) is 12.8 Å². The van der Waals surface area contributed by atoms with Crippen molar-refractivity contribution in [3.8, 4) is 0 Å². The lowest BCUT2D eigenvalue weighted by Crippen LogP contribution is -2.37. The van der Waals surface area contributed by atoms with Gasteiger partial charge in [-0.2, -0.15) is 0 Å². The van der Waals surface area contributed by atoms with Crippen LogP contribution < -0.4 is 5.73 Å². The fourth-order valence-corrected chi connectivity index (χ4v) is 0.430. The summed E-state index contributed by atoms with van der Waals surface area (Å²) in [7, 11) is 0. The maximum atomic E-state index is 5.64. The molecule has 0 aliphatic heterocycles. The minimum Gasteiger partial charge on any atom is -0.363 e. The molecule has 56 valence electrons. The van der Waals surface area contributed by atoms with Gasteiger partial charge >= 0.3 is 0 Å². The van der Waals surface area contributed by atoms with Gasteiger partial charge in [0.1, 0.15) is 6.23 Å². The van der Waals surface area contributed by atoms with Crippen molar-refractivity contribution in [2.75, 3.05) is 6.61 Å². The molecule has 1 atom stereocenters. The standard InChI is InChI=1S/C7H17NO/c1-5-9-6(8)7(2,3)4/h6H,5,8H2,1-4H3. The highest BCUT2D eigenvalue weighted by Crippen LogP contribution is 2.17. The van der Waals surface area contributed by atoms with Crippen molar-refractivity contribution in [1.82, 2.24) is 0 Å². The molecule has 1 unspecified atom stereocenters. The molecule has 2 N–H and O–H groups in total. The summed E-state index contributed by atoms with van der Waals surface area (Å²) in [6.07, 6.45) is -0.137. The fourth-order valence-electron chi connectivity index (χ4n) is 0.430. The summed E-state index contributed by atoms with van der Waals surface area (Å²) < 4.78 is 5.18. The molecule has 0 aromatic rings. The molecule has 0 spiro atoms. The molecular formula is C7H17NO. The molecule has 0 fully saturated rings. The summed E-state index contributed by atoms with van der Waals surface area (Å²) in [6, 6.07) is 0. The first-order chi connectivity index (χ1) is 3.98. The Kier molecular flexibility index (Phi) is 3.15. The molecule has 0 saturated heterocycles. The smallest absolute Gasteiger partial charge is 0.110 e. The van der Waals surface area contributed by atoms with Gasteiger partial charge in [-0.15, -0.1) is 0 Å². The lowest BCUT2D eigenvalue weighted by atomic mass is 9.95. The van der Waals surface area contributed by atoms with E-state index >= 15 is 0 Å². The zero-order valence-electron chi connectivity index (χ0n) is 6.77. The number of hydrogen-bond donors (Lipinski definition) is 1. The zero-order chi connectivity index (χ0) is 7.49. The first-order valence-electron chi connectivity index (χ1n) is 3.35. The van der Waals surface area contributed by atoms with E-state index in [0.29, 0.717) is 6.61 Å². The van der Waals surface area contributed by atoms with Crippen molar-refractivity contribution in [2.45, 2.75) is 33.9 Å². The van der Waals surface area contributed by atoms with Crippen molar-refractivity contribution >= 4 is 0 Å². The second-order valence-electron chi connectivity index (χ2n) is 3.24. The van der Waals surface area contributed by atoms with Gasteiger partial charge in [-0.3, -0.25) is 0 Å². The minimum atomic E-state index is -0.137. The Morgan fingerprint density at radius 2 is 1.89 bits per heavy atom. The fraction of sp³-hybridized carbons (Fsp3) is 1.00. The van der Waals surface area contributed by atoms with Gasteiger partial charge in [-0.25, -0.2) is 0 Å². The molecule has 0 heterocycles. The minimum absolute atomic E-state index is 0.0655. The van der Waals surface area contributed by atoms with Gasteiger partial charge in [0.15, 0.2) is 0 Å². The molecule has 0 radical (unpaired) electrons. The van der Waals surface area contributed by atoms with Gasteiger partial charge in [-0.05, 0) is 6.92 Å². The van der Waals surface area contributed by atoms with Crippen LogP contribution >= 0.6 is 0 Å². The molecule has 0 rings (SSSR count). The average molecular weight is 131 g/mol. The second kappa shape index (κ2) is 3.18. The van der Waals surface area contributed by atoms with Gasteiger partial charge < -0.3 is 10.5 Å². The quantitative estimate of drug-likeness (QED) is 0.574. The van der Waals surface area contributed by atoms with Crippen LogP contribution in [0.2, 0.25) is 0 Å². The van der Waals surface area contributed by atoms with Crippen LogP contribution in [0.1, 0.15) is 27.7 Å². The van der Waals surface area contributed by atoms with Gasteiger partial charge in [0.2, 0.25) is 0 Å². The molecule has 0 aliphatic rings. The van der Waals surface area contributed by atoms with E-state index < -0.39 is 0 Å². The van der Waals surface area contributed by atoms with Crippen LogP contribution in [0.15, 0.2) is 0 Å². The number of ether oxygens (including phenoxy) is 1. The lowest BCUT2D eigenvalue weighted by Gasteiger charge is -2.26. The molecule has 0 aromatic carbocycles. The summed E-state index contributed by atoms with van der Waals surface area (Å²) in [5.41, 5.74) is 5.70. The monoisotopic (exact) mass is 131 g/mol. The van der Waals surface area contributed by atoms with Crippen molar-refractivity contribution in [1.29, 1.82) is 0 Å². The number of hydrogen-bond acceptors (Lipinski definition) is 2. The van der Waals surface area contributed by atoms with E-state index in [1.165, 1.54) is 0 Å². The Hall–Kier alpha value is -0.0800. The van der Waals surface area contributed by atoms with E-state index in [4.69, 9.17) is 10.5 Å². The summed E-state index contributed by atoms with van der Waals surface area (Å²) in [4.78, 5) is 0. The Morgan fingerprint density at radius 3 is 2.00 bits per heavy atom. The van der Waals surface area contributed by atoms with E-state index in [1.54, 1.807) is 0 Å². The van der Waals surface area contributed by atoms with E-state index in [1.807, 2.05) is 6.92 Å². The van der Waals surface area contributed by atoms with Gasteiger partial charge in [0.05, 0.1) is 0 Å². The highest BCUT2D eigenvalue weighted by Gasteiger charge is 2.19. The van der Waals surface area contributed by atoms with Crippen molar-refractivity contribution < 1.29 is 4.74 Å². The van der Waals surface area contributed by atoms with E-state index in [-0.39, 0.29) is 11.6 Å². The van der Waals surface area contributed by atoms with Crippen LogP contribution in [0.3, 0.4) is 0 Å². The van der Waals surface area contributed by atoms with Gasteiger partial charge in [-0.1, -0.05) is 20.8 Å². The maximum Gasteiger partial charge on any atom is 0.110 e. The molecule has 9 heavy (non-hydrogen) atoms. The summed E-state index contributed by atoms with van der Waals surface area (Å²) >= 11 is 0. The molecule has 0 bridgehead atoms. The maximum absolute atomic E-state index is 5.64. The Balaban J connectivity index is 3.59. The first-order valence-corrected chi connectivity index (χ1v) is 3.35. The normalized spacial score (nSPS) is 15.7. The molecular weight excluding hydrogens is 114 g/mol. The second-order valence-corrected chi connectivity index (χ2v) is 3.24. The van der Waals surface area contributed by atoms with Crippen molar-refractivity contribution in [3.05, 3.63) is 0 Å². The number of rotatable bonds is 2. The van der Waals surface area contributed by atoms with E-state index in [0.717, 1.165) is 0 Å². The van der Waals surface area contributed by atoms with Crippen LogP contribution in [-0.2, 0) is 4.74 Å². The molecule has 0 aliphatic carbocycles. The predicted octanol–water partition coefficient (Wildman–Crippen LogP) is 1.35. The highest BCUT2D eigenvalue weighted by atomic mass is 16.5. The SMILES string of the molecule is CCOC(N)C(C)(C)C. The highest BCUT2D eigenvalue weighted by molar-refractivity contribution is 4.67. The number of nitrogens with two attached hydrogens (primary N) is 1. The Morgan fingerprint density at radius 1 is 1.44 bits per heavy atom. The van der Waals surface area contributed by atoms with E-state index in [9.17, 15) is 0 Å². The molecule has 0 aromatic heterocycles. The summed E-state index contributed by atoms with van der Waals surface area (Å²) in [5, 5.41) is 0. The Labute approximate surface area is 57.4 Å². The first kappa shape index (κ1) is 8.92. The molecule has 2 heteroatoms. The lowest BCUT2D eigenvalue weighted by molar-refractivity contribution is -0.00644. The van der Waals surface area contributed by atoms with Crippen molar-refractivity contribution in [2.24, 2.45) is 11.1 Å². The third kappa shape index (κ3) is 3.49. The van der Waals surface area contributed by atoms with Crippen molar-refractivity contribution in [3.63, 3.8) is 0 Å². The topological polar surface area (TPSA) is 35.2 Å². The Bertz CT molecular complexity index is 75.5. The average Bonchev–Trinajstić information content (AvgIpc) is 1.64. The third-order valence-corrected chi connectivity index (χ3v) is 1.20. The summed E-state index contributed by atoms with van der Waals surface area (Å²) in [5.74, 6) is 0. The van der Waals surface area contributed by atoms with Crippen LogP contribution in [0, 0.1) is 5.41 Å². The van der Waals surface area contributed by atoms with Crippen LogP contribution in [0.25, 0.3) is 0 Å². The summed E-state index contributed by atoms with van der Waals surface area (Å²) in [6.45, 7) is 8.83.